The van der Waals surface area contributed by atoms with Crippen molar-refractivity contribution in [1.29, 1.82) is 0 Å². The molecular weight excluding hydrogens is 174 g/mol. The third-order valence-corrected chi connectivity index (χ3v) is 2.21. The first-order valence-electron chi connectivity index (χ1n) is 4.15. The second kappa shape index (κ2) is 4.17. The summed E-state index contributed by atoms with van der Waals surface area (Å²) in [6.45, 7) is 3.97. The lowest BCUT2D eigenvalue weighted by Crippen LogP contribution is -2.61. The molecule has 4 unspecified atom stereocenters. The monoisotopic (exact) mass is 189 g/mol. The third kappa shape index (κ3) is 2.07. The number of aliphatic hydroxyl groups is 4. The van der Waals surface area contributed by atoms with E-state index in [9.17, 15) is 20.4 Å². The SMILES string of the molecule is C=CCN1CC(O)C(O)C(O)C1O. The Morgan fingerprint density at radius 1 is 1.23 bits per heavy atom. The van der Waals surface area contributed by atoms with Gasteiger partial charge in [0.15, 0.2) is 0 Å². The van der Waals surface area contributed by atoms with Gasteiger partial charge >= 0.3 is 0 Å². The van der Waals surface area contributed by atoms with E-state index in [4.69, 9.17) is 0 Å². The predicted molar refractivity (Wildman–Crippen MR) is 45.8 cm³/mol. The van der Waals surface area contributed by atoms with Crippen LogP contribution in [0.2, 0.25) is 0 Å². The first kappa shape index (κ1) is 10.6. The van der Waals surface area contributed by atoms with Crippen LogP contribution in [-0.4, -0.2) is 63.0 Å². The topological polar surface area (TPSA) is 84.2 Å². The zero-order valence-electron chi connectivity index (χ0n) is 7.24. The van der Waals surface area contributed by atoms with Crippen molar-refractivity contribution in [1.82, 2.24) is 4.90 Å². The molecule has 0 spiro atoms. The highest BCUT2D eigenvalue weighted by Crippen LogP contribution is 2.16. The van der Waals surface area contributed by atoms with E-state index in [1.54, 1.807) is 6.08 Å². The summed E-state index contributed by atoms with van der Waals surface area (Å²) in [6, 6.07) is 0. The van der Waals surface area contributed by atoms with E-state index in [1.807, 2.05) is 0 Å². The Labute approximate surface area is 76.5 Å². The van der Waals surface area contributed by atoms with Crippen molar-refractivity contribution < 1.29 is 20.4 Å². The van der Waals surface area contributed by atoms with Crippen LogP contribution in [-0.2, 0) is 0 Å². The molecule has 0 amide bonds. The van der Waals surface area contributed by atoms with E-state index in [1.165, 1.54) is 4.90 Å². The fourth-order valence-electron chi connectivity index (χ4n) is 1.42. The number of rotatable bonds is 2. The first-order valence-corrected chi connectivity index (χ1v) is 4.15. The summed E-state index contributed by atoms with van der Waals surface area (Å²) < 4.78 is 0. The minimum absolute atomic E-state index is 0.130. The van der Waals surface area contributed by atoms with Crippen molar-refractivity contribution in [3.05, 3.63) is 12.7 Å². The Morgan fingerprint density at radius 3 is 2.38 bits per heavy atom. The molecule has 0 bridgehead atoms. The van der Waals surface area contributed by atoms with Gasteiger partial charge in [0, 0.05) is 13.1 Å². The van der Waals surface area contributed by atoms with E-state index >= 15 is 0 Å². The Bertz CT molecular complexity index is 187. The molecule has 4 atom stereocenters. The van der Waals surface area contributed by atoms with Crippen molar-refractivity contribution in [2.24, 2.45) is 0 Å². The average molecular weight is 189 g/mol. The average Bonchev–Trinajstić information content (AvgIpc) is 2.11. The summed E-state index contributed by atoms with van der Waals surface area (Å²) in [5, 5.41) is 37.1. The molecular formula is C8H15NO4. The summed E-state index contributed by atoms with van der Waals surface area (Å²) >= 11 is 0. The molecule has 1 rings (SSSR count). The number of piperidine rings is 1. The largest absolute Gasteiger partial charge is 0.389 e. The van der Waals surface area contributed by atoms with Gasteiger partial charge in [0.05, 0.1) is 6.10 Å². The van der Waals surface area contributed by atoms with Crippen LogP contribution in [0.5, 0.6) is 0 Å². The van der Waals surface area contributed by atoms with Gasteiger partial charge in [0.1, 0.15) is 18.4 Å². The molecule has 1 aliphatic rings. The van der Waals surface area contributed by atoms with Crippen LogP contribution in [0.4, 0.5) is 0 Å². The maximum absolute atomic E-state index is 9.41. The van der Waals surface area contributed by atoms with Crippen molar-refractivity contribution in [3.8, 4) is 0 Å². The van der Waals surface area contributed by atoms with Crippen molar-refractivity contribution >= 4 is 0 Å². The number of hydrogen-bond acceptors (Lipinski definition) is 5. The predicted octanol–water partition coefficient (Wildman–Crippen LogP) is -2.11. The van der Waals surface area contributed by atoms with Gasteiger partial charge in [-0.25, -0.2) is 0 Å². The maximum Gasteiger partial charge on any atom is 0.136 e. The van der Waals surface area contributed by atoms with Crippen molar-refractivity contribution in [2.75, 3.05) is 13.1 Å². The Balaban J connectivity index is 2.64. The normalized spacial score (nSPS) is 41.8. The van der Waals surface area contributed by atoms with Gasteiger partial charge in [-0.15, -0.1) is 6.58 Å². The quantitative estimate of drug-likeness (QED) is 0.374. The fraction of sp³-hybridized carbons (Fsp3) is 0.750. The molecule has 5 heteroatoms. The van der Waals surface area contributed by atoms with Crippen LogP contribution in [0.15, 0.2) is 12.7 Å². The van der Waals surface area contributed by atoms with Gasteiger partial charge < -0.3 is 20.4 Å². The standard InChI is InChI=1S/C8H15NO4/c1-2-3-9-4-5(10)6(11)7(12)8(9)13/h2,5-8,10-13H,1,3-4H2. The van der Waals surface area contributed by atoms with E-state index in [0.717, 1.165) is 0 Å². The molecule has 4 N–H and O–H groups in total. The second-order valence-electron chi connectivity index (χ2n) is 3.20. The summed E-state index contributed by atoms with van der Waals surface area (Å²) in [7, 11) is 0. The number of β-amino-alcohol motifs (C(OH)–C–C–N with tert-alkyl or cyclic N) is 1. The van der Waals surface area contributed by atoms with E-state index in [0.29, 0.717) is 6.54 Å². The first-order chi connectivity index (χ1) is 6.07. The molecule has 76 valence electrons. The summed E-state index contributed by atoms with van der Waals surface area (Å²) in [4.78, 5) is 1.44. The van der Waals surface area contributed by atoms with Gasteiger partial charge in [-0.05, 0) is 0 Å². The Morgan fingerprint density at radius 2 is 1.85 bits per heavy atom. The van der Waals surface area contributed by atoms with Gasteiger partial charge in [-0.1, -0.05) is 6.08 Å². The van der Waals surface area contributed by atoms with Gasteiger partial charge in [-0.2, -0.15) is 0 Å². The minimum Gasteiger partial charge on any atom is -0.389 e. The number of nitrogens with zero attached hydrogens (tertiary/aromatic N) is 1. The molecule has 5 nitrogen and oxygen atoms in total. The lowest BCUT2D eigenvalue weighted by Gasteiger charge is -2.40. The maximum atomic E-state index is 9.41. The molecule has 1 fully saturated rings. The molecule has 1 saturated heterocycles. The van der Waals surface area contributed by atoms with Crippen LogP contribution < -0.4 is 0 Å². The Hall–Kier alpha value is -0.460. The van der Waals surface area contributed by atoms with E-state index < -0.39 is 24.5 Å². The highest BCUT2D eigenvalue weighted by molar-refractivity contribution is 4.91. The zero-order chi connectivity index (χ0) is 10.0. The molecule has 0 aromatic rings. The molecule has 0 aliphatic carbocycles. The highest BCUT2D eigenvalue weighted by atomic mass is 16.4. The van der Waals surface area contributed by atoms with Crippen LogP contribution >= 0.6 is 0 Å². The minimum atomic E-state index is -1.33. The lowest BCUT2D eigenvalue weighted by atomic mass is 10.0. The molecule has 0 aromatic heterocycles. The highest BCUT2D eigenvalue weighted by Gasteiger charge is 2.39. The molecule has 0 aromatic carbocycles. The van der Waals surface area contributed by atoms with Crippen LogP contribution in [0.1, 0.15) is 0 Å². The summed E-state index contributed by atoms with van der Waals surface area (Å²) in [6.07, 6.45) is -3.23. The van der Waals surface area contributed by atoms with Crippen molar-refractivity contribution in [3.63, 3.8) is 0 Å². The summed E-state index contributed by atoms with van der Waals surface area (Å²) in [5.74, 6) is 0. The van der Waals surface area contributed by atoms with Gasteiger partial charge in [-0.3, -0.25) is 4.90 Å². The van der Waals surface area contributed by atoms with Crippen molar-refractivity contribution in [2.45, 2.75) is 24.5 Å². The van der Waals surface area contributed by atoms with Crippen LogP contribution in [0, 0.1) is 0 Å². The molecule has 1 aliphatic heterocycles. The van der Waals surface area contributed by atoms with E-state index in [2.05, 4.69) is 6.58 Å². The fourth-order valence-corrected chi connectivity index (χ4v) is 1.42. The number of hydrogen-bond donors (Lipinski definition) is 4. The van der Waals surface area contributed by atoms with Gasteiger partial charge in [0.2, 0.25) is 0 Å². The van der Waals surface area contributed by atoms with E-state index in [-0.39, 0.29) is 6.54 Å². The molecule has 0 radical (unpaired) electrons. The third-order valence-electron chi connectivity index (χ3n) is 2.21. The lowest BCUT2D eigenvalue weighted by molar-refractivity contribution is -0.191. The number of aliphatic hydroxyl groups excluding tert-OH is 4. The Kier molecular flexibility index (Phi) is 3.40. The zero-order valence-corrected chi connectivity index (χ0v) is 7.24. The smallest absolute Gasteiger partial charge is 0.136 e. The number of likely N-dealkylation sites (tertiary alicyclic amines) is 1. The second-order valence-corrected chi connectivity index (χ2v) is 3.20. The molecule has 13 heavy (non-hydrogen) atoms. The summed E-state index contributed by atoms with van der Waals surface area (Å²) in [5.41, 5.74) is 0. The molecule has 1 heterocycles. The van der Waals surface area contributed by atoms with Crippen LogP contribution in [0.25, 0.3) is 0 Å². The van der Waals surface area contributed by atoms with Gasteiger partial charge in [0.25, 0.3) is 0 Å². The van der Waals surface area contributed by atoms with Crippen LogP contribution in [0.3, 0.4) is 0 Å². The molecule has 0 saturated carbocycles.